The lowest BCUT2D eigenvalue weighted by atomic mass is 10.1. The van der Waals surface area contributed by atoms with Crippen LogP contribution in [0.4, 0.5) is 5.00 Å². The minimum Gasteiger partial charge on any atom is -0.462 e. The molecule has 1 aromatic carbocycles. The summed E-state index contributed by atoms with van der Waals surface area (Å²) in [5.74, 6) is -0.834. The Hall–Kier alpha value is -0.990. The molecule has 0 bridgehead atoms. The Morgan fingerprint density at radius 3 is 2.55 bits per heavy atom. The predicted octanol–water partition coefficient (Wildman–Crippen LogP) is 5.71. The predicted molar refractivity (Wildman–Crippen MR) is 122 cm³/mol. The third kappa shape index (κ3) is 5.39. The molecule has 156 valence electrons. The maximum Gasteiger partial charge on any atom is 0.341 e. The van der Waals surface area contributed by atoms with Gasteiger partial charge < -0.3 is 15.4 Å². The molecule has 0 unspecified atom stereocenters. The van der Waals surface area contributed by atoms with Gasteiger partial charge in [-0.15, -0.1) is 11.3 Å². The molecule has 10 heteroatoms. The van der Waals surface area contributed by atoms with Crippen LogP contribution in [0, 0.1) is 0 Å². The molecule has 0 saturated heterocycles. The molecule has 29 heavy (non-hydrogen) atoms. The van der Waals surface area contributed by atoms with E-state index in [-0.39, 0.29) is 6.61 Å². The Kier molecular flexibility index (Phi) is 7.38. The lowest BCUT2D eigenvalue weighted by molar-refractivity contribution is 0.0527. The van der Waals surface area contributed by atoms with Gasteiger partial charge in [-0.2, -0.15) is 0 Å². The third-order valence-corrected chi connectivity index (χ3v) is 6.79. The number of hydrogen-bond acceptors (Lipinski definition) is 5. The largest absolute Gasteiger partial charge is 0.462 e. The molecule has 1 aliphatic rings. The monoisotopic (exact) mass is 538 g/mol. The number of carbonyl (C=O) groups is 2. The van der Waals surface area contributed by atoms with E-state index in [1.54, 1.807) is 31.2 Å². The molecule has 1 amide bonds. The Morgan fingerprint density at radius 2 is 1.93 bits per heavy atom. The molecule has 1 aliphatic carbocycles. The van der Waals surface area contributed by atoms with E-state index in [9.17, 15) is 9.59 Å². The normalized spacial score (nSPS) is 14.2. The van der Waals surface area contributed by atoms with Crippen LogP contribution in [0.5, 0.6) is 0 Å². The van der Waals surface area contributed by atoms with E-state index in [2.05, 4.69) is 26.6 Å². The molecule has 1 atom stereocenters. The number of amides is 1. The fraction of sp³-hybridized carbons (Fsp3) is 0.368. The second-order valence-electron chi connectivity index (χ2n) is 6.38. The first kappa shape index (κ1) is 22.7. The lowest BCUT2D eigenvalue weighted by Crippen LogP contribution is -2.49. The minimum atomic E-state index is -1.86. The Balaban J connectivity index is 1.87. The summed E-state index contributed by atoms with van der Waals surface area (Å²) in [6, 6.07) is 6.79. The number of nitrogens with one attached hydrogen (secondary N) is 2. The highest BCUT2D eigenvalue weighted by atomic mass is 79.9. The van der Waals surface area contributed by atoms with Crippen molar-refractivity contribution >= 4 is 78.9 Å². The zero-order valence-electron chi connectivity index (χ0n) is 15.4. The van der Waals surface area contributed by atoms with Crippen LogP contribution in [0.3, 0.4) is 0 Å². The van der Waals surface area contributed by atoms with Crippen molar-refractivity contribution < 1.29 is 14.3 Å². The maximum atomic E-state index is 12.6. The molecule has 1 aromatic heterocycles. The van der Waals surface area contributed by atoms with E-state index in [0.717, 1.165) is 34.2 Å². The Bertz CT molecular complexity index is 913. The van der Waals surface area contributed by atoms with Gasteiger partial charge in [0.25, 0.3) is 5.91 Å². The molecular formula is C19H18BrCl3N2O3S. The molecule has 0 radical (unpaired) electrons. The number of anilines is 1. The number of aryl methyl sites for hydroxylation is 1. The van der Waals surface area contributed by atoms with E-state index >= 15 is 0 Å². The van der Waals surface area contributed by atoms with Gasteiger partial charge in [-0.05, 0) is 56.0 Å². The van der Waals surface area contributed by atoms with Crippen LogP contribution in [0.25, 0.3) is 0 Å². The van der Waals surface area contributed by atoms with Crippen molar-refractivity contribution in [1.29, 1.82) is 0 Å². The molecule has 0 fully saturated rings. The summed E-state index contributed by atoms with van der Waals surface area (Å²) in [5.41, 5.74) is 1.84. The van der Waals surface area contributed by atoms with Gasteiger partial charge in [0.2, 0.25) is 3.79 Å². The average Bonchev–Trinajstić information content (AvgIpc) is 3.21. The van der Waals surface area contributed by atoms with Crippen LogP contribution in [-0.2, 0) is 17.6 Å². The number of rotatable bonds is 6. The molecule has 0 aliphatic heterocycles. The summed E-state index contributed by atoms with van der Waals surface area (Å²) in [5, 5.41) is 6.27. The first-order valence-corrected chi connectivity index (χ1v) is 11.7. The summed E-state index contributed by atoms with van der Waals surface area (Å²) in [6.45, 7) is 2.01. The van der Waals surface area contributed by atoms with Crippen molar-refractivity contribution in [1.82, 2.24) is 5.32 Å². The van der Waals surface area contributed by atoms with E-state index in [1.165, 1.54) is 11.3 Å². The van der Waals surface area contributed by atoms with Gasteiger partial charge in [-0.1, -0.05) is 50.7 Å². The second kappa shape index (κ2) is 9.43. The number of esters is 1. The molecule has 0 saturated carbocycles. The molecule has 1 heterocycles. The minimum absolute atomic E-state index is 0.261. The highest BCUT2D eigenvalue weighted by Gasteiger charge is 2.37. The summed E-state index contributed by atoms with van der Waals surface area (Å²) in [4.78, 5) is 26.3. The van der Waals surface area contributed by atoms with Crippen molar-refractivity contribution in [2.45, 2.75) is 36.1 Å². The summed E-state index contributed by atoms with van der Waals surface area (Å²) in [6.07, 6.45) is 1.61. The van der Waals surface area contributed by atoms with Crippen LogP contribution in [0.2, 0.25) is 0 Å². The zero-order valence-corrected chi connectivity index (χ0v) is 20.0. The van der Waals surface area contributed by atoms with Gasteiger partial charge >= 0.3 is 5.97 Å². The number of thiophene rings is 1. The molecular weight excluding hydrogens is 523 g/mol. The van der Waals surface area contributed by atoms with Crippen molar-refractivity contribution in [2.24, 2.45) is 0 Å². The van der Waals surface area contributed by atoms with Gasteiger partial charge in [0, 0.05) is 14.9 Å². The molecule has 2 aromatic rings. The van der Waals surface area contributed by atoms with Gasteiger partial charge in [0.1, 0.15) is 11.2 Å². The highest BCUT2D eigenvalue weighted by molar-refractivity contribution is 9.10. The van der Waals surface area contributed by atoms with E-state index in [1.807, 2.05) is 0 Å². The second-order valence-corrected chi connectivity index (χ2v) is 10.8. The SMILES string of the molecule is CCOC(=O)c1c(N[C@@H](NC(=O)c2ccc(Br)cc2)C(Cl)(Cl)Cl)sc2c1CCC2. The maximum absolute atomic E-state index is 12.6. The van der Waals surface area contributed by atoms with Crippen molar-refractivity contribution in [3.8, 4) is 0 Å². The first-order valence-electron chi connectivity index (χ1n) is 8.92. The van der Waals surface area contributed by atoms with Crippen molar-refractivity contribution in [2.75, 3.05) is 11.9 Å². The summed E-state index contributed by atoms with van der Waals surface area (Å²) < 4.78 is 4.21. The van der Waals surface area contributed by atoms with E-state index in [4.69, 9.17) is 39.5 Å². The average molecular weight is 541 g/mol. The van der Waals surface area contributed by atoms with E-state index in [0.29, 0.717) is 16.1 Å². The fourth-order valence-electron chi connectivity index (χ4n) is 3.07. The lowest BCUT2D eigenvalue weighted by Gasteiger charge is -2.27. The number of carbonyl (C=O) groups excluding carboxylic acids is 2. The smallest absolute Gasteiger partial charge is 0.341 e. The van der Waals surface area contributed by atoms with Gasteiger partial charge in [-0.25, -0.2) is 4.79 Å². The van der Waals surface area contributed by atoms with Crippen LogP contribution in [-0.4, -0.2) is 28.4 Å². The van der Waals surface area contributed by atoms with Crippen molar-refractivity contribution in [3.63, 3.8) is 0 Å². The first-order chi connectivity index (χ1) is 13.7. The van der Waals surface area contributed by atoms with Crippen LogP contribution in [0.15, 0.2) is 28.7 Å². The molecule has 2 N–H and O–H groups in total. The fourth-order valence-corrected chi connectivity index (χ4v) is 4.97. The quantitative estimate of drug-likeness (QED) is 0.280. The topological polar surface area (TPSA) is 67.4 Å². The third-order valence-electron chi connectivity index (χ3n) is 4.39. The van der Waals surface area contributed by atoms with Gasteiger partial charge in [0.15, 0.2) is 0 Å². The number of ether oxygens (including phenoxy) is 1. The standard InChI is InChI=1S/C19H18BrCl3N2O3S/c1-2-28-17(27)14-12-4-3-5-13(12)29-16(14)25-18(19(21,22)23)24-15(26)10-6-8-11(20)9-7-10/h6-9,18,25H,2-5H2,1H3,(H,24,26)/t18-/m1/s1. The van der Waals surface area contributed by atoms with Crippen LogP contribution in [0.1, 0.15) is 44.5 Å². The summed E-state index contributed by atoms with van der Waals surface area (Å²) >= 11 is 23.1. The highest BCUT2D eigenvalue weighted by Crippen LogP contribution is 2.41. The van der Waals surface area contributed by atoms with E-state index < -0.39 is 21.8 Å². The number of benzene rings is 1. The summed E-state index contributed by atoms with van der Waals surface area (Å²) in [7, 11) is 0. The Labute approximate surface area is 196 Å². The Morgan fingerprint density at radius 1 is 1.24 bits per heavy atom. The van der Waals surface area contributed by atoms with Crippen molar-refractivity contribution in [3.05, 3.63) is 50.3 Å². The molecule has 5 nitrogen and oxygen atoms in total. The van der Waals surface area contributed by atoms with Gasteiger partial charge in [0.05, 0.1) is 12.2 Å². The molecule has 3 rings (SSSR count). The number of alkyl halides is 3. The number of hydrogen-bond donors (Lipinski definition) is 2. The number of halogens is 4. The zero-order chi connectivity index (χ0) is 21.2. The van der Waals surface area contributed by atoms with Crippen LogP contribution >= 0.6 is 62.1 Å². The van der Waals surface area contributed by atoms with Crippen LogP contribution < -0.4 is 10.6 Å². The van der Waals surface area contributed by atoms with Gasteiger partial charge in [-0.3, -0.25) is 4.79 Å². The molecule has 0 spiro atoms. The number of fused-ring (bicyclic) bond motifs is 1.